The molecule has 0 radical (unpaired) electrons. The second-order valence-electron chi connectivity index (χ2n) is 10.6. The second-order valence-corrected chi connectivity index (χ2v) is 10.6. The molecule has 0 aliphatic carbocycles. The molecule has 2 aromatic heterocycles. The molecule has 0 amide bonds. The Balaban J connectivity index is 1.49. The van der Waals surface area contributed by atoms with E-state index in [0.29, 0.717) is 39.0 Å². The van der Waals surface area contributed by atoms with Crippen molar-refractivity contribution in [1.29, 1.82) is 15.8 Å². The lowest BCUT2D eigenvalue weighted by Gasteiger charge is -2.16. The highest BCUT2D eigenvalue weighted by Crippen LogP contribution is 2.43. The van der Waals surface area contributed by atoms with Gasteiger partial charge in [-0.05, 0) is 71.3 Å². The lowest BCUT2D eigenvalue weighted by Crippen LogP contribution is -1.97. The number of rotatable bonds is 3. The third-order valence-corrected chi connectivity index (χ3v) is 8.23. The molecule has 0 bridgehead atoms. The van der Waals surface area contributed by atoms with Crippen LogP contribution in [0.1, 0.15) is 16.7 Å². The van der Waals surface area contributed by atoms with Crippen LogP contribution in [0.25, 0.3) is 77.3 Å². The Morgan fingerprint density at radius 1 is 0.432 bits per heavy atom. The average molecular weight is 562 g/mol. The summed E-state index contributed by atoms with van der Waals surface area (Å²) < 4.78 is 12.4. The molecule has 44 heavy (non-hydrogen) atoms. The van der Waals surface area contributed by atoms with Gasteiger partial charge in [0.25, 0.3) is 0 Å². The molecule has 0 atom stereocenters. The second kappa shape index (κ2) is 9.74. The number of hydrogen-bond donors (Lipinski definition) is 0. The van der Waals surface area contributed by atoms with Crippen molar-refractivity contribution in [3.8, 4) is 51.6 Å². The van der Waals surface area contributed by atoms with Crippen LogP contribution < -0.4 is 0 Å². The molecule has 2 heterocycles. The molecule has 0 aliphatic rings. The molecule has 5 heteroatoms. The van der Waals surface area contributed by atoms with E-state index < -0.39 is 0 Å². The van der Waals surface area contributed by atoms with Gasteiger partial charge in [-0.15, -0.1) is 0 Å². The van der Waals surface area contributed by atoms with Gasteiger partial charge in [-0.1, -0.05) is 60.7 Å². The molecule has 0 saturated carbocycles. The fraction of sp³-hybridized carbons (Fsp3) is 0. The fourth-order valence-electron chi connectivity index (χ4n) is 6.28. The summed E-state index contributed by atoms with van der Waals surface area (Å²) >= 11 is 0. The van der Waals surface area contributed by atoms with Gasteiger partial charge in [-0.25, -0.2) is 0 Å². The molecule has 0 fully saturated rings. The summed E-state index contributed by atoms with van der Waals surface area (Å²) in [4.78, 5) is 0. The van der Waals surface area contributed by atoms with E-state index in [4.69, 9.17) is 8.83 Å². The van der Waals surface area contributed by atoms with Gasteiger partial charge in [-0.3, -0.25) is 0 Å². The summed E-state index contributed by atoms with van der Waals surface area (Å²) in [6.07, 6.45) is 0. The topological polar surface area (TPSA) is 97.7 Å². The van der Waals surface area contributed by atoms with Gasteiger partial charge in [0.1, 0.15) is 28.4 Å². The zero-order valence-corrected chi connectivity index (χ0v) is 23.1. The van der Waals surface area contributed by atoms with Crippen molar-refractivity contribution >= 4 is 43.9 Å². The number of nitriles is 3. The maximum absolute atomic E-state index is 10.7. The Hall–Kier alpha value is -6.61. The molecule has 0 unspecified atom stereocenters. The normalized spacial score (nSPS) is 11.1. The van der Waals surface area contributed by atoms with Gasteiger partial charge in [0.2, 0.25) is 0 Å². The van der Waals surface area contributed by atoms with Crippen molar-refractivity contribution in [2.24, 2.45) is 0 Å². The Labute approximate surface area is 251 Å². The van der Waals surface area contributed by atoms with Crippen LogP contribution in [0, 0.1) is 34.0 Å². The third-order valence-electron chi connectivity index (χ3n) is 8.23. The van der Waals surface area contributed by atoms with Crippen LogP contribution in [-0.4, -0.2) is 0 Å². The van der Waals surface area contributed by atoms with Gasteiger partial charge in [-0.2, -0.15) is 15.8 Å². The molecular formula is C39H19N3O2. The van der Waals surface area contributed by atoms with Crippen molar-refractivity contribution in [3.05, 3.63) is 132 Å². The SMILES string of the molecule is N#Cc1cccc(C#N)c1-c1cc(-c2cccc3oc4ccccc4c23)cc(-c2ccc3c(c2)oc2ccccc23)c1C#N. The predicted molar refractivity (Wildman–Crippen MR) is 171 cm³/mol. The van der Waals surface area contributed by atoms with Crippen molar-refractivity contribution in [1.82, 2.24) is 0 Å². The molecule has 0 saturated heterocycles. The standard InChI is InChI=1S/C39H19N3O2/c40-20-24-7-5-8-25(21-41)38(24)32-18-26(27-11-6-14-36-39(27)30-10-2-4-13-35(30)43-36)17-31(33(32)22-42)23-15-16-29-28-9-1-3-12-34(28)44-37(29)19-23/h1-19H. The first-order chi connectivity index (χ1) is 21.7. The van der Waals surface area contributed by atoms with Crippen LogP contribution in [0.3, 0.4) is 0 Å². The quantitative estimate of drug-likeness (QED) is 0.214. The fourth-order valence-corrected chi connectivity index (χ4v) is 6.28. The lowest BCUT2D eigenvalue weighted by atomic mass is 9.84. The maximum atomic E-state index is 10.7. The summed E-state index contributed by atoms with van der Waals surface area (Å²) in [6, 6.07) is 43.5. The van der Waals surface area contributed by atoms with Crippen molar-refractivity contribution < 1.29 is 8.83 Å². The number of benzene rings is 6. The molecule has 8 rings (SSSR count). The zero-order valence-electron chi connectivity index (χ0n) is 23.1. The number of furan rings is 2. The maximum Gasteiger partial charge on any atom is 0.136 e. The number of hydrogen-bond acceptors (Lipinski definition) is 5. The summed E-state index contributed by atoms with van der Waals surface area (Å²) in [5.41, 5.74) is 8.18. The van der Waals surface area contributed by atoms with Gasteiger partial charge >= 0.3 is 0 Å². The summed E-state index contributed by atoms with van der Waals surface area (Å²) in [7, 11) is 0. The number of nitrogens with zero attached hydrogens (tertiary/aromatic N) is 3. The first-order valence-corrected chi connectivity index (χ1v) is 14.0. The Kier molecular flexibility index (Phi) is 5.56. The van der Waals surface area contributed by atoms with Crippen LogP contribution >= 0.6 is 0 Å². The Bertz CT molecular complexity index is 2570. The van der Waals surface area contributed by atoms with E-state index in [0.717, 1.165) is 55.0 Å². The molecule has 0 spiro atoms. The van der Waals surface area contributed by atoms with Gasteiger partial charge in [0, 0.05) is 38.2 Å². The molecule has 6 aromatic carbocycles. The van der Waals surface area contributed by atoms with Crippen molar-refractivity contribution in [3.63, 3.8) is 0 Å². The smallest absolute Gasteiger partial charge is 0.136 e. The monoisotopic (exact) mass is 561 g/mol. The van der Waals surface area contributed by atoms with E-state index >= 15 is 0 Å². The van der Waals surface area contributed by atoms with Gasteiger partial charge in [0.05, 0.1) is 28.8 Å². The first-order valence-electron chi connectivity index (χ1n) is 14.0. The first kappa shape index (κ1) is 25.1. The minimum atomic E-state index is 0.323. The molecule has 0 aliphatic heterocycles. The van der Waals surface area contributed by atoms with E-state index in [1.54, 1.807) is 18.2 Å². The molecule has 8 aromatic rings. The van der Waals surface area contributed by atoms with Crippen LogP contribution in [0.2, 0.25) is 0 Å². The Morgan fingerprint density at radius 2 is 1.05 bits per heavy atom. The van der Waals surface area contributed by atoms with Crippen LogP contribution in [0.15, 0.2) is 124 Å². The zero-order chi connectivity index (χ0) is 29.8. The Morgan fingerprint density at radius 3 is 1.80 bits per heavy atom. The van der Waals surface area contributed by atoms with Crippen LogP contribution in [0.5, 0.6) is 0 Å². The van der Waals surface area contributed by atoms with E-state index in [-0.39, 0.29) is 0 Å². The van der Waals surface area contributed by atoms with E-state index in [9.17, 15) is 15.8 Å². The summed E-state index contributed by atoms with van der Waals surface area (Å²) in [5.74, 6) is 0. The molecule has 202 valence electrons. The number of para-hydroxylation sites is 2. The largest absolute Gasteiger partial charge is 0.456 e. The average Bonchev–Trinajstić information content (AvgIpc) is 3.65. The molecule has 0 N–H and O–H groups in total. The number of fused-ring (bicyclic) bond motifs is 6. The van der Waals surface area contributed by atoms with Crippen molar-refractivity contribution in [2.45, 2.75) is 0 Å². The highest BCUT2D eigenvalue weighted by atomic mass is 16.3. The van der Waals surface area contributed by atoms with Gasteiger partial charge < -0.3 is 8.83 Å². The van der Waals surface area contributed by atoms with Crippen molar-refractivity contribution in [2.75, 3.05) is 0 Å². The van der Waals surface area contributed by atoms with E-state index in [1.165, 1.54) is 0 Å². The molecular weight excluding hydrogens is 542 g/mol. The minimum Gasteiger partial charge on any atom is -0.456 e. The molecule has 5 nitrogen and oxygen atoms in total. The van der Waals surface area contributed by atoms with Crippen LogP contribution in [-0.2, 0) is 0 Å². The van der Waals surface area contributed by atoms with E-state index in [1.807, 2.05) is 97.1 Å². The highest BCUT2D eigenvalue weighted by molar-refractivity contribution is 6.13. The summed E-state index contributed by atoms with van der Waals surface area (Å²) in [6.45, 7) is 0. The third kappa shape index (κ3) is 3.70. The van der Waals surface area contributed by atoms with Gasteiger partial charge in [0.15, 0.2) is 0 Å². The predicted octanol–water partition coefficient (Wildman–Crippen LogP) is 10.1. The lowest BCUT2D eigenvalue weighted by molar-refractivity contribution is 0.668. The minimum absolute atomic E-state index is 0.323. The summed E-state index contributed by atoms with van der Waals surface area (Å²) in [5, 5.41) is 34.8. The highest BCUT2D eigenvalue weighted by Gasteiger charge is 2.22. The van der Waals surface area contributed by atoms with Crippen LogP contribution in [0.4, 0.5) is 0 Å². The van der Waals surface area contributed by atoms with E-state index in [2.05, 4.69) is 18.2 Å².